The van der Waals surface area contributed by atoms with Crippen molar-refractivity contribution in [3.05, 3.63) is 45.1 Å². The average molecular weight is 329 g/mol. The van der Waals surface area contributed by atoms with Gasteiger partial charge in [-0.1, -0.05) is 11.6 Å². The van der Waals surface area contributed by atoms with Crippen molar-refractivity contribution >= 4 is 33.2 Å². The molecule has 0 saturated heterocycles. The molecule has 0 aliphatic rings. The summed E-state index contributed by atoms with van der Waals surface area (Å²) in [6, 6.07) is 6.00. The highest BCUT2D eigenvalue weighted by molar-refractivity contribution is 9.10. The highest BCUT2D eigenvalue weighted by Gasteiger charge is 2.04. The zero-order valence-electron chi connectivity index (χ0n) is 10.4. The maximum Gasteiger partial charge on any atom is 0.0499 e. The van der Waals surface area contributed by atoms with Gasteiger partial charge in [0.05, 0.1) is 0 Å². The van der Waals surface area contributed by atoms with Crippen LogP contribution < -0.4 is 5.32 Å². The third-order valence-corrected chi connectivity index (χ3v) is 3.93. The van der Waals surface area contributed by atoms with Crippen molar-refractivity contribution in [1.29, 1.82) is 0 Å². The van der Waals surface area contributed by atoms with Gasteiger partial charge in [0.2, 0.25) is 0 Å². The topological polar surface area (TPSA) is 29.9 Å². The van der Waals surface area contributed by atoms with Crippen LogP contribution in [0, 0.1) is 6.92 Å². The second-order valence-corrected chi connectivity index (χ2v) is 5.47. The Bertz CT molecular complexity index is 551. The Hall–Kier alpha value is -1.00. The molecular weight excluding hydrogens is 314 g/mol. The summed E-state index contributed by atoms with van der Waals surface area (Å²) in [5, 5.41) is 8.30. The van der Waals surface area contributed by atoms with E-state index in [0.717, 1.165) is 33.7 Å². The van der Waals surface area contributed by atoms with Gasteiger partial charge in [-0.05, 0) is 46.6 Å². The molecule has 1 N–H and O–H groups in total. The Balaban J connectivity index is 1.99. The van der Waals surface area contributed by atoms with Crippen LogP contribution in [0.4, 0.5) is 5.69 Å². The predicted octanol–water partition coefficient (Wildman–Crippen LogP) is 3.80. The van der Waals surface area contributed by atoms with Gasteiger partial charge in [0.1, 0.15) is 0 Å². The maximum atomic E-state index is 6.11. The molecule has 0 spiro atoms. The Labute approximate surface area is 120 Å². The number of aryl methyl sites for hydroxylation is 2. The number of rotatable bonds is 4. The molecule has 0 fully saturated rings. The van der Waals surface area contributed by atoms with Crippen molar-refractivity contribution in [2.24, 2.45) is 7.05 Å². The van der Waals surface area contributed by atoms with Crippen LogP contribution in [-0.2, 0) is 13.5 Å². The lowest BCUT2D eigenvalue weighted by Gasteiger charge is -2.10. The fraction of sp³-hybridized carbons (Fsp3) is 0.308. The van der Waals surface area contributed by atoms with Crippen LogP contribution in [0.5, 0.6) is 0 Å². The van der Waals surface area contributed by atoms with Crippen molar-refractivity contribution in [3.8, 4) is 0 Å². The summed E-state index contributed by atoms with van der Waals surface area (Å²) in [6.45, 7) is 2.84. The molecule has 0 bridgehead atoms. The Morgan fingerprint density at radius 1 is 1.44 bits per heavy atom. The molecule has 3 nitrogen and oxygen atoms in total. The van der Waals surface area contributed by atoms with Gasteiger partial charge in [-0.25, -0.2) is 0 Å². The second kappa shape index (κ2) is 5.76. The molecule has 1 heterocycles. The van der Waals surface area contributed by atoms with Gasteiger partial charge in [0, 0.05) is 47.1 Å². The van der Waals surface area contributed by atoms with E-state index in [-0.39, 0.29) is 0 Å². The first kappa shape index (κ1) is 13.4. The molecule has 1 aromatic carbocycles. The first-order valence-corrected chi connectivity index (χ1v) is 6.91. The summed E-state index contributed by atoms with van der Waals surface area (Å²) in [5.74, 6) is 0. The van der Waals surface area contributed by atoms with Crippen LogP contribution in [0.3, 0.4) is 0 Å². The summed E-state index contributed by atoms with van der Waals surface area (Å²) in [6.07, 6.45) is 2.74. The minimum atomic E-state index is 0.779. The van der Waals surface area contributed by atoms with Crippen LogP contribution in [0.25, 0.3) is 0 Å². The Morgan fingerprint density at radius 3 is 2.89 bits per heavy atom. The van der Waals surface area contributed by atoms with Gasteiger partial charge in [0.15, 0.2) is 0 Å². The number of benzene rings is 1. The Morgan fingerprint density at radius 2 is 2.22 bits per heavy atom. The van der Waals surface area contributed by atoms with E-state index in [9.17, 15) is 0 Å². The fourth-order valence-corrected chi connectivity index (χ4v) is 2.52. The van der Waals surface area contributed by atoms with Crippen molar-refractivity contribution in [3.63, 3.8) is 0 Å². The molecule has 0 saturated carbocycles. The van der Waals surface area contributed by atoms with Gasteiger partial charge in [-0.3, -0.25) is 4.68 Å². The van der Waals surface area contributed by atoms with E-state index in [1.54, 1.807) is 0 Å². The average Bonchev–Trinajstić information content (AvgIpc) is 2.72. The van der Waals surface area contributed by atoms with E-state index in [4.69, 9.17) is 11.6 Å². The van der Waals surface area contributed by atoms with Crippen molar-refractivity contribution < 1.29 is 0 Å². The molecule has 0 unspecified atom stereocenters. The second-order valence-electron chi connectivity index (χ2n) is 4.20. The smallest absolute Gasteiger partial charge is 0.0499 e. The molecule has 5 heteroatoms. The molecule has 2 aromatic rings. The van der Waals surface area contributed by atoms with E-state index in [0.29, 0.717) is 0 Å². The van der Waals surface area contributed by atoms with Gasteiger partial charge in [-0.2, -0.15) is 5.10 Å². The number of anilines is 1. The molecule has 18 heavy (non-hydrogen) atoms. The molecule has 96 valence electrons. The van der Waals surface area contributed by atoms with E-state index in [1.165, 1.54) is 5.69 Å². The first-order chi connectivity index (χ1) is 8.58. The third-order valence-electron chi connectivity index (χ3n) is 2.87. The quantitative estimate of drug-likeness (QED) is 0.925. The van der Waals surface area contributed by atoms with E-state index in [2.05, 4.69) is 26.3 Å². The van der Waals surface area contributed by atoms with Crippen LogP contribution in [-0.4, -0.2) is 16.3 Å². The minimum Gasteiger partial charge on any atom is -0.384 e. The summed E-state index contributed by atoms with van der Waals surface area (Å²) in [5.41, 5.74) is 3.30. The lowest BCUT2D eigenvalue weighted by molar-refractivity contribution is 0.711. The third kappa shape index (κ3) is 3.06. The van der Waals surface area contributed by atoms with Crippen LogP contribution in [0.2, 0.25) is 5.02 Å². The molecule has 0 amide bonds. The van der Waals surface area contributed by atoms with E-state index in [1.807, 2.05) is 43.0 Å². The van der Waals surface area contributed by atoms with Crippen molar-refractivity contribution in [1.82, 2.24) is 9.78 Å². The van der Waals surface area contributed by atoms with Gasteiger partial charge >= 0.3 is 0 Å². The number of aromatic nitrogens is 2. The standard InChI is InChI=1S/C13H15BrClN3/c1-9-7-11(14)13(8-12(9)15)16-5-3-10-4-6-17-18(10)2/h4,6-8,16H,3,5H2,1-2H3. The van der Waals surface area contributed by atoms with E-state index < -0.39 is 0 Å². The number of hydrogen-bond donors (Lipinski definition) is 1. The molecule has 0 aliphatic heterocycles. The minimum absolute atomic E-state index is 0.779. The molecule has 0 radical (unpaired) electrons. The zero-order chi connectivity index (χ0) is 13.1. The summed E-state index contributed by atoms with van der Waals surface area (Å²) < 4.78 is 2.92. The SMILES string of the molecule is Cc1cc(Br)c(NCCc2ccnn2C)cc1Cl. The normalized spacial score (nSPS) is 10.7. The zero-order valence-corrected chi connectivity index (χ0v) is 12.7. The Kier molecular flexibility index (Phi) is 4.30. The number of nitrogens with zero attached hydrogens (tertiary/aromatic N) is 2. The summed E-state index contributed by atoms with van der Waals surface area (Å²) in [4.78, 5) is 0. The first-order valence-electron chi connectivity index (χ1n) is 5.74. The molecule has 2 rings (SSSR count). The highest BCUT2D eigenvalue weighted by Crippen LogP contribution is 2.29. The van der Waals surface area contributed by atoms with Crippen molar-refractivity contribution in [2.75, 3.05) is 11.9 Å². The summed E-state index contributed by atoms with van der Waals surface area (Å²) >= 11 is 9.65. The van der Waals surface area contributed by atoms with Gasteiger partial charge < -0.3 is 5.32 Å². The maximum absolute atomic E-state index is 6.11. The number of hydrogen-bond acceptors (Lipinski definition) is 2. The molecule has 0 atom stereocenters. The van der Waals surface area contributed by atoms with Crippen LogP contribution in [0.15, 0.2) is 28.9 Å². The molecule has 1 aromatic heterocycles. The molecule has 0 aliphatic carbocycles. The largest absolute Gasteiger partial charge is 0.384 e. The van der Waals surface area contributed by atoms with Gasteiger partial charge in [0.25, 0.3) is 0 Å². The van der Waals surface area contributed by atoms with E-state index >= 15 is 0 Å². The molecular formula is C13H15BrClN3. The lowest BCUT2D eigenvalue weighted by Crippen LogP contribution is -2.08. The number of nitrogens with one attached hydrogen (secondary N) is 1. The van der Waals surface area contributed by atoms with Crippen LogP contribution >= 0.6 is 27.5 Å². The lowest BCUT2D eigenvalue weighted by atomic mass is 10.2. The fourth-order valence-electron chi connectivity index (χ4n) is 1.75. The number of halogens is 2. The highest BCUT2D eigenvalue weighted by atomic mass is 79.9. The summed E-state index contributed by atoms with van der Waals surface area (Å²) in [7, 11) is 1.95. The monoisotopic (exact) mass is 327 g/mol. The van der Waals surface area contributed by atoms with Gasteiger partial charge in [-0.15, -0.1) is 0 Å². The van der Waals surface area contributed by atoms with Crippen molar-refractivity contribution in [2.45, 2.75) is 13.3 Å². The van der Waals surface area contributed by atoms with Crippen LogP contribution in [0.1, 0.15) is 11.3 Å². The predicted molar refractivity (Wildman–Crippen MR) is 79.3 cm³/mol.